The Morgan fingerprint density at radius 3 is 2.31 bits per heavy atom. The van der Waals surface area contributed by atoms with Crippen molar-refractivity contribution >= 4 is 5.97 Å². The van der Waals surface area contributed by atoms with Crippen molar-refractivity contribution in [1.82, 2.24) is 0 Å². The van der Waals surface area contributed by atoms with Gasteiger partial charge in [-0.05, 0) is 23.6 Å². The highest BCUT2D eigenvalue weighted by Gasteiger charge is 2.25. The summed E-state index contributed by atoms with van der Waals surface area (Å²) in [5.74, 6) is -0.321. The Hall–Kier alpha value is -1.51. The molecular formula is C13H18O3. The van der Waals surface area contributed by atoms with Gasteiger partial charge in [0, 0.05) is 0 Å². The third-order valence-corrected chi connectivity index (χ3v) is 2.95. The molecule has 16 heavy (non-hydrogen) atoms. The van der Waals surface area contributed by atoms with E-state index < -0.39 is 11.9 Å². The van der Waals surface area contributed by atoms with Crippen LogP contribution >= 0.6 is 0 Å². The van der Waals surface area contributed by atoms with E-state index in [2.05, 4.69) is 0 Å². The molecule has 1 aromatic carbocycles. The minimum atomic E-state index is -0.764. The predicted molar refractivity (Wildman–Crippen MR) is 62.8 cm³/mol. The molecule has 0 aliphatic rings. The van der Waals surface area contributed by atoms with Crippen LogP contribution in [0.25, 0.3) is 0 Å². The van der Waals surface area contributed by atoms with Crippen LogP contribution in [0.2, 0.25) is 0 Å². The third-order valence-electron chi connectivity index (χ3n) is 2.95. The molecule has 0 saturated heterocycles. The molecule has 3 heteroatoms. The highest BCUT2D eigenvalue weighted by atomic mass is 16.5. The first kappa shape index (κ1) is 12.6. The first-order valence-electron chi connectivity index (χ1n) is 5.46. The molecule has 0 bridgehead atoms. The maximum atomic E-state index is 11.2. The summed E-state index contributed by atoms with van der Waals surface area (Å²) in [4.78, 5) is 11.2. The monoisotopic (exact) mass is 222 g/mol. The molecule has 88 valence electrons. The molecule has 1 aromatic rings. The largest absolute Gasteiger partial charge is 0.497 e. The van der Waals surface area contributed by atoms with Gasteiger partial charge in [0.15, 0.2) is 0 Å². The number of benzene rings is 1. The van der Waals surface area contributed by atoms with E-state index in [0.717, 1.165) is 17.7 Å². The van der Waals surface area contributed by atoms with Crippen molar-refractivity contribution in [3.8, 4) is 5.75 Å². The predicted octanol–water partition coefficient (Wildman–Crippen LogP) is 2.91. The Kier molecular flexibility index (Phi) is 4.35. The van der Waals surface area contributed by atoms with Crippen LogP contribution in [-0.4, -0.2) is 18.2 Å². The summed E-state index contributed by atoms with van der Waals surface area (Å²) in [5, 5.41) is 9.22. The van der Waals surface area contributed by atoms with Crippen LogP contribution in [0.1, 0.15) is 31.7 Å². The fraction of sp³-hybridized carbons (Fsp3) is 0.462. The zero-order valence-corrected chi connectivity index (χ0v) is 9.93. The maximum Gasteiger partial charge on any atom is 0.311 e. The number of rotatable bonds is 5. The normalized spacial score (nSPS) is 14.2. The smallest absolute Gasteiger partial charge is 0.311 e. The zero-order chi connectivity index (χ0) is 12.1. The van der Waals surface area contributed by atoms with Crippen LogP contribution in [0.15, 0.2) is 24.3 Å². The Bertz CT molecular complexity index is 343. The van der Waals surface area contributed by atoms with Crippen LogP contribution < -0.4 is 4.74 Å². The summed E-state index contributed by atoms with van der Waals surface area (Å²) < 4.78 is 5.05. The second kappa shape index (κ2) is 5.54. The molecule has 0 fully saturated rings. The van der Waals surface area contributed by atoms with Crippen molar-refractivity contribution in [1.29, 1.82) is 0 Å². The van der Waals surface area contributed by atoms with Gasteiger partial charge in [-0.1, -0.05) is 32.4 Å². The summed E-state index contributed by atoms with van der Waals surface area (Å²) in [5.41, 5.74) is 0.836. The van der Waals surface area contributed by atoms with E-state index in [9.17, 15) is 9.90 Å². The molecule has 0 amide bonds. The number of carboxylic acid groups (broad SMARTS) is 1. The summed E-state index contributed by atoms with van der Waals surface area (Å²) in [7, 11) is 1.60. The lowest BCUT2D eigenvalue weighted by Crippen LogP contribution is -2.18. The second-order valence-corrected chi connectivity index (χ2v) is 3.97. The molecule has 3 nitrogen and oxygen atoms in total. The van der Waals surface area contributed by atoms with Crippen molar-refractivity contribution in [2.45, 2.75) is 26.2 Å². The van der Waals surface area contributed by atoms with Gasteiger partial charge in [-0.3, -0.25) is 4.79 Å². The van der Waals surface area contributed by atoms with Gasteiger partial charge >= 0.3 is 5.97 Å². The van der Waals surface area contributed by atoms with Crippen LogP contribution in [0, 0.1) is 5.92 Å². The fourth-order valence-corrected chi connectivity index (χ4v) is 1.76. The van der Waals surface area contributed by atoms with Crippen LogP contribution in [0.3, 0.4) is 0 Å². The van der Waals surface area contributed by atoms with Crippen LogP contribution in [0.5, 0.6) is 5.75 Å². The minimum absolute atomic E-state index is 0.130. The average Bonchev–Trinajstić information content (AvgIpc) is 2.29. The average molecular weight is 222 g/mol. The standard InChI is InChI=1S/C13H18O3/c1-4-9(2)12(13(14)15)10-5-7-11(16-3)8-6-10/h5-9,12H,4H2,1-3H3,(H,14,15)/t9-,12-/m1/s1. The van der Waals surface area contributed by atoms with E-state index in [1.54, 1.807) is 19.2 Å². The second-order valence-electron chi connectivity index (χ2n) is 3.97. The summed E-state index contributed by atoms with van der Waals surface area (Å²) in [6.07, 6.45) is 0.850. The molecule has 0 heterocycles. The van der Waals surface area contributed by atoms with Gasteiger partial charge in [-0.2, -0.15) is 0 Å². The van der Waals surface area contributed by atoms with Crippen LogP contribution in [-0.2, 0) is 4.79 Å². The third kappa shape index (κ3) is 2.75. The maximum absolute atomic E-state index is 11.2. The van der Waals surface area contributed by atoms with Gasteiger partial charge < -0.3 is 9.84 Å². The van der Waals surface area contributed by atoms with Crippen molar-refractivity contribution in [2.24, 2.45) is 5.92 Å². The molecular weight excluding hydrogens is 204 g/mol. The molecule has 0 saturated carbocycles. The summed E-state index contributed by atoms with van der Waals surface area (Å²) in [6.45, 7) is 3.97. The first-order valence-corrected chi connectivity index (χ1v) is 5.46. The van der Waals surface area contributed by atoms with E-state index in [1.165, 1.54) is 0 Å². The van der Waals surface area contributed by atoms with E-state index in [0.29, 0.717) is 0 Å². The zero-order valence-electron chi connectivity index (χ0n) is 9.93. The van der Waals surface area contributed by atoms with E-state index in [4.69, 9.17) is 4.74 Å². The van der Waals surface area contributed by atoms with Gasteiger partial charge in [0.25, 0.3) is 0 Å². The number of methoxy groups -OCH3 is 1. The lowest BCUT2D eigenvalue weighted by molar-refractivity contribution is -0.140. The number of ether oxygens (including phenoxy) is 1. The van der Waals surface area contributed by atoms with Crippen LogP contribution in [0.4, 0.5) is 0 Å². The fourth-order valence-electron chi connectivity index (χ4n) is 1.76. The number of carbonyl (C=O) groups is 1. The topological polar surface area (TPSA) is 46.5 Å². The van der Waals surface area contributed by atoms with Gasteiger partial charge in [-0.25, -0.2) is 0 Å². The molecule has 1 rings (SSSR count). The van der Waals surface area contributed by atoms with Crippen molar-refractivity contribution < 1.29 is 14.6 Å². The van der Waals surface area contributed by atoms with E-state index in [-0.39, 0.29) is 5.92 Å². The molecule has 0 spiro atoms. The Balaban J connectivity index is 2.97. The summed E-state index contributed by atoms with van der Waals surface area (Å²) in [6, 6.07) is 7.24. The number of hydrogen-bond acceptors (Lipinski definition) is 2. The molecule has 0 aliphatic carbocycles. The molecule has 0 aliphatic heterocycles. The Morgan fingerprint density at radius 1 is 1.38 bits per heavy atom. The van der Waals surface area contributed by atoms with E-state index >= 15 is 0 Å². The van der Waals surface area contributed by atoms with Crippen molar-refractivity contribution in [2.75, 3.05) is 7.11 Å². The Morgan fingerprint density at radius 2 is 1.94 bits per heavy atom. The van der Waals surface area contributed by atoms with Gasteiger partial charge in [-0.15, -0.1) is 0 Å². The van der Waals surface area contributed by atoms with Crippen molar-refractivity contribution in [3.05, 3.63) is 29.8 Å². The lowest BCUT2D eigenvalue weighted by Gasteiger charge is -2.19. The van der Waals surface area contributed by atoms with Gasteiger partial charge in [0.1, 0.15) is 5.75 Å². The number of carboxylic acids is 1. The lowest BCUT2D eigenvalue weighted by atomic mass is 9.86. The number of hydrogen-bond donors (Lipinski definition) is 1. The molecule has 0 unspecified atom stereocenters. The highest BCUT2D eigenvalue weighted by Crippen LogP contribution is 2.28. The number of aliphatic carboxylic acids is 1. The van der Waals surface area contributed by atoms with Gasteiger partial charge in [0.05, 0.1) is 13.0 Å². The highest BCUT2D eigenvalue weighted by molar-refractivity contribution is 5.76. The molecule has 2 atom stereocenters. The molecule has 0 radical (unpaired) electrons. The SMILES string of the molecule is CC[C@@H](C)[C@@H](C(=O)O)c1ccc(OC)cc1. The quantitative estimate of drug-likeness (QED) is 0.833. The Labute approximate surface area is 96.1 Å². The summed E-state index contributed by atoms with van der Waals surface area (Å²) >= 11 is 0. The molecule has 0 aromatic heterocycles. The van der Waals surface area contributed by atoms with E-state index in [1.807, 2.05) is 26.0 Å². The molecule has 1 N–H and O–H groups in total. The van der Waals surface area contributed by atoms with Crippen molar-refractivity contribution in [3.63, 3.8) is 0 Å². The first-order chi connectivity index (χ1) is 7.60. The van der Waals surface area contributed by atoms with Gasteiger partial charge in [0.2, 0.25) is 0 Å². The minimum Gasteiger partial charge on any atom is -0.497 e.